The first-order valence-corrected chi connectivity index (χ1v) is 17.3. The summed E-state index contributed by atoms with van der Waals surface area (Å²) in [5.41, 5.74) is 1.89. The van der Waals surface area contributed by atoms with Crippen molar-refractivity contribution in [2.75, 3.05) is 31.1 Å². The lowest BCUT2D eigenvalue weighted by Gasteiger charge is -2.34. The van der Waals surface area contributed by atoms with Crippen molar-refractivity contribution in [3.8, 4) is 11.5 Å². The smallest absolute Gasteiger partial charge is 0.264 e. The van der Waals surface area contributed by atoms with Crippen molar-refractivity contribution in [3.63, 3.8) is 0 Å². The molecule has 1 atom stereocenters. The molecule has 0 fully saturated rings. The predicted molar refractivity (Wildman–Crippen MR) is 184 cm³/mol. The quantitative estimate of drug-likeness (QED) is 0.143. The number of unbranched alkanes of at least 4 members (excludes halogenated alkanes) is 1. The van der Waals surface area contributed by atoms with Crippen molar-refractivity contribution in [2.24, 2.45) is 0 Å². The summed E-state index contributed by atoms with van der Waals surface area (Å²) in [6, 6.07) is 30.4. The SMILES string of the molecule is CCCCNC(=O)[C@H](Cc1ccccc1)N(Cc1cccc(OC)c1)C(=O)CN(c1ccc(OCC)cc1)S(=O)(=O)c1ccccc1. The van der Waals surface area contributed by atoms with Crippen LogP contribution in [0, 0.1) is 0 Å². The predicted octanol–water partition coefficient (Wildman–Crippen LogP) is 5.85. The zero-order valence-corrected chi connectivity index (χ0v) is 28.0. The molecule has 10 heteroatoms. The Balaban J connectivity index is 1.79. The third kappa shape index (κ3) is 9.59. The van der Waals surface area contributed by atoms with E-state index in [9.17, 15) is 18.0 Å². The molecule has 0 aromatic heterocycles. The Morgan fingerprint density at radius 3 is 2.11 bits per heavy atom. The van der Waals surface area contributed by atoms with Gasteiger partial charge in [-0.15, -0.1) is 0 Å². The van der Waals surface area contributed by atoms with E-state index in [1.807, 2.05) is 56.3 Å². The number of rotatable bonds is 17. The summed E-state index contributed by atoms with van der Waals surface area (Å²) in [6.45, 7) is 4.32. The average molecular weight is 658 g/mol. The minimum atomic E-state index is -4.19. The number of methoxy groups -OCH3 is 1. The summed E-state index contributed by atoms with van der Waals surface area (Å²) >= 11 is 0. The number of anilines is 1. The Morgan fingerprint density at radius 1 is 0.809 bits per heavy atom. The van der Waals surface area contributed by atoms with Crippen molar-refractivity contribution >= 4 is 27.5 Å². The van der Waals surface area contributed by atoms with Crippen molar-refractivity contribution in [1.29, 1.82) is 0 Å². The molecule has 0 aliphatic heterocycles. The van der Waals surface area contributed by atoms with Gasteiger partial charge in [-0.1, -0.05) is 74.0 Å². The first-order valence-electron chi connectivity index (χ1n) is 15.8. The Kier molecular flexibility index (Phi) is 12.8. The van der Waals surface area contributed by atoms with Crippen molar-refractivity contribution < 1.29 is 27.5 Å². The van der Waals surface area contributed by atoms with Gasteiger partial charge in [-0.2, -0.15) is 0 Å². The summed E-state index contributed by atoms with van der Waals surface area (Å²) < 4.78 is 40.4. The number of nitrogens with one attached hydrogen (secondary N) is 1. The molecule has 0 saturated carbocycles. The molecule has 0 unspecified atom stereocenters. The number of carbonyl (C=O) groups excluding carboxylic acids is 2. The normalized spacial score (nSPS) is 11.7. The molecule has 248 valence electrons. The molecule has 0 aliphatic rings. The van der Waals surface area contributed by atoms with Crippen LogP contribution in [0.15, 0.2) is 114 Å². The van der Waals surface area contributed by atoms with Gasteiger partial charge in [0.1, 0.15) is 24.1 Å². The van der Waals surface area contributed by atoms with Crippen LogP contribution >= 0.6 is 0 Å². The number of carbonyl (C=O) groups is 2. The second kappa shape index (κ2) is 17.2. The molecule has 47 heavy (non-hydrogen) atoms. The minimum Gasteiger partial charge on any atom is -0.497 e. The topological polar surface area (TPSA) is 105 Å². The molecule has 0 radical (unpaired) electrons. The maximum absolute atomic E-state index is 14.6. The first-order chi connectivity index (χ1) is 22.8. The first kappa shape index (κ1) is 35.0. The van der Waals surface area contributed by atoms with Crippen LogP contribution in [0.5, 0.6) is 11.5 Å². The van der Waals surface area contributed by atoms with E-state index in [0.29, 0.717) is 30.3 Å². The van der Waals surface area contributed by atoms with Gasteiger partial charge in [0.05, 0.1) is 24.3 Å². The molecule has 0 bridgehead atoms. The lowest BCUT2D eigenvalue weighted by molar-refractivity contribution is -0.140. The van der Waals surface area contributed by atoms with Crippen LogP contribution in [0.4, 0.5) is 5.69 Å². The van der Waals surface area contributed by atoms with Gasteiger partial charge in [0.15, 0.2) is 0 Å². The Hall–Kier alpha value is -4.83. The van der Waals surface area contributed by atoms with E-state index in [4.69, 9.17) is 9.47 Å². The largest absolute Gasteiger partial charge is 0.497 e. The van der Waals surface area contributed by atoms with Crippen LogP contribution in [0.1, 0.15) is 37.8 Å². The highest BCUT2D eigenvalue weighted by molar-refractivity contribution is 7.92. The van der Waals surface area contributed by atoms with Gasteiger partial charge in [-0.25, -0.2) is 8.42 Å². The van der Waals surface area contributed by atoms with Crippen LogP contribution in [0.25, 0.3) is 0 Å². The van der Waals surface area contributed by atoms with Gasteiger partial charge in [0.25, 0.3) is 10.0 Å². The molecule has 4 aromatic rings. The third-order valence-corrected chi connectivity index (χ3v) is 9.42. The summed E-state index contributed by atoms with van der Waals surface area (Å²) in [7, 11) is -2.63. The lowest BCUT2D eigenvalue weighted by atomic mass is 10.0. The van der Waals surface area contributed by atoms with E-state index in [0.717, 1.165) is 28.3 Å². The fourth-order valence-corrected chi connectivity index (χ4v) is 6.59. The molecular weight excluding hydrogens is 614 g/mol. The van der Waals surface area contributed by atoms with E-state index in [1.54, 1.807) is 61.7 Å². The Labute approximate surface area is 278 Å². The molecule has 0 spiro atoms. The molecule has 2 amide bonds. The van der Waals surface area contributed by atoms with Crippen LogP contribution in [-0.4, -0.2) is 58.0 Å². The second-order valence-electron chi connectivity index (χ2n) is 11.0. The zero-order valence-electron chi connectivity index (χ0n) is 27.2. The number of amides is 2. The summed E-state index contributed by atoms with van der Waals surface area (Å²) in [5.74, 6) is 0.334. The van der Waals surface area contributed by atoms with Gasteiger partial charge in [0, 0.05) is 19.5 Å². The van der Waals surface area contributed by atoms with Gasteiger partial charge in [-0.05, 0) is 73.0 Å². The van der Waals surface area contributed by atoms with Crippen molar-refractivity contribution in [3.05, 3.63) is 120 Å². The summed E-state index contributed by atoms with van der Waals surface area (Å²) in [6.07, 6.45) is 1.92. The van der Waals surface area contributed by atoms with Crippen LogP contribution in [0.2, 0.25) is 0 Å². The standard InChI is InChI=1S/C37H43N3O6S/c1-4-6-24-38-37(42)35(26-29-14-9-7-10-15-29)39(27-30-16-13-17-33(25-30)45-3)36(41)28-40(31-20-22-32(23-21-31)46-5-2)47(43,44)34-18-11-8-12-19-34/h7-23,25,35H,4-6,24,26-28H2,1-3H3,(H,38,42)/t35-/m0/s1. The minimum absolute atomic E-state index is 0.0409. The van der Waals surface area contributed by atoms with E-state index in [1.165, 1.54) is 17.0 Å². The van der Waals surface area contributed by atoms with Gasteiger partial charge < -0.3 is 19.7 Å². The Bertz CT molecular complexity index is 1680. The third-order valence-electron chi connectivity index (χ3n) is 7.63. The Morgan fingerprint density at radius 2 is 1.47 bits per heavy atom. The number of benzene rings is 4. The maximum Gasteiger partial charge on any atom is 0.264 e. The molecule has 4 rings (SSSR count). The monoisotopic (exact) mass is 657 g/mol. The molecule has 1 N–H and O–H groups in total. The van der Waals surface area contributed by atoms with Crippen LogP contribution in [-0.2, 0) is 32.6 Å². The molecular formula is C37H43N3O6S. The molecule has 9 nitrogen and oxygen atoms in total. The number of nitrogens with zero attached hydrogens (tertiary/aromatic N) is 2. The summed E-state index contributed by atoms with van der Waals surface area (Å²) in [5, 5.41) is 3.00. The highest BCUT2D eigenvalue weighted by Crippen LogP contribution is 2.27. The van der Waals surface area contributed by atoms with Gasteiger partial charge in [0.2, 0.25) is 11.8 Å². The molecule has 0 aliphatic carbocycles. The second-order valence-corrected chi connectivity index (χ2v) is 12.8. The van der Waals surface area contributed by atoms with Crippen LogP contribution < -0.4 is 19.1 Å². The average Bonchev–Trinajstić information content (AvgIpc) is 3.10. The van der Waals surface area contributed by atoms with Gasteiger partial charge in [-0.3, -0.25) is 13.9 Å². The van der Waals surface area contributed by atoms with Crippen LogP contribution in [0.3, 0.4) is 0 Å². The summed E-state index contributed by atoms with van der Waals surface area (Å²) in [4.78, 5) is 30.0. The fourth-order valence-electron chi connectivity index (χ4n) is 5.15. The molecule has 0 saturated heterocycles. The van der Waals surface area contributed by atoms with E-state index < -0.39 is 28.5 Å². The van der Waals surface area contributed by atoms with Gasteiger partial charge >= 0.3 is 0 Å². The highest BCUT2D eigenvalue weighted by Gasteiger charge is 2.34. The molecule has 0 heterocycles. The number of ether oxygens (including phenoxy) is 2. The highest BCUT2D eigenvalue weighted by atomic mass is 32.2. The fraction of sp³-hybridized carbons (Fsp3) is 0.297. The van der Waals surface area contributed by atoms with E-state index in [2.05, 4.69) is 5.32 Å². The number of sulfonamides is 1. The van der Waals surface area contributed by atoms with E-state index in [-0.39, 0.29) is 23.8 Å². The van der Waals surface area contributed by atoms with E-state index >= 15 is 0 Å². The van der Waals surface area contributed by atoms with Crippen molar-refractivity contribution in [2.45, 2.75) is 50.6 Å². The maximum atomic E-state index is 14.6. The lowest BCUT2D eigenvalue weighted by Crippen LogP contribution is -2.53. The molecule has 4 aromatic carbocycles. The number of hydrogen-bond donors (Lipinski definition) is 1. The zero-order chi connectivity index (χ0) is 33.6. The van der Waals surface area contributed by atoms with Crippen molar-refractivity contribution in [1.82, 2.24) is 10.2 Å². The number of hydrogen-bond acceptors (Lipinski definition) is 6.